The lowest BCUT2D eigenvalue weighted by Gasteiger charge is -2.21. The highest BCUT2D eigenvalue weighted by molar-refractivity contribution is 5.94. The second-order valence-electron chi connectivity index (χ2n) is 7.42. The Labute approximate surface area is 167 Å². The van der Waals surface area contributed by atoms with Gasteiger partial charge in [-0.15, -0.1) is 0 Å². The first-order valence-electron chi connectivity index (χ1n) is 10.2. The summed E-state index contributed by atoms with van der Waals surface area (Å²) >= 11 is 0. The second kappa shape index (κ2) is 9.62. The molecule has 1 aromatic carbocycles. The molecule has 0 radical (unpaired) electrons. The molecule has 1 fully saturated rings. The van der Waals surface area contributed by atoms with Crippen LogP contribution in [-0.4, -0.2) is 36.5 Å². The van der Waals surface area contributed by atoms with Gasteiger partial charge in [0.15, 0.2) is 0 Å². The quantitative estimate of drug-likeness (QED) is 0.736. The number of methoxy groups -OCH3 is 2. The molecule has 0 spiro atoms. The van der Waals surface area contributed by atoms with Crippen LogP contribution in [0.25, 0.3) is 11.3 Å². The molecule has 1 heterocycles. The molecule has 3 rings (SSSR count). The number of nitrogens with one attached hydrogen (secondary N) is 1. The molecule has 1 saturated carbocycles. The molecule has 6 nitrogen and oxygen atoms in total. The zero-order chi connectivity index (χ0) is 19.9. The molecule has 0 atom stereocenters. The first-order chi connectivity index (χ1) is 13.7. The van der Waals surface area contributed by atoms with E-state index in [1.165, 1.54) is 32.1 Å². The van der Waals surface area contributed by atoms with Crippen molar-refractivity contribution >= 4 is 5.91 Å². The molecule has 152 valence electrons. The summed E-state index contributed by atoms with van der Waals surface area (Å²) in [5.74, 6) is 1.94. The maximum absolute atomic E-state index is 12.9. The summed E-state index contributed by atoms with van der Waals surface area (Å²) in [5.41, 5.74) is 2.18. The van der Waals surface area contributed by atoms with Crippen LogP contribution in [-0.2, 0) is 6.54 Å². The Bertz CT molecular complexity index is 794. The molecule has 0 aliphatic heterocycles. The van der Waals surface area contributed by atoms with Crippen LogP contribution in [0.1, 0.15) is 55.9 Å². The molecular weight excluding hydrogens is 354 g/mol. The Morgan fingerprint density at radius 1 is 1.18 bits per heavy atom. The summed E-state index contributed by atoms with van der Waals surface area (Å²) in [7, 11) is 3.25. The zero-order valence-electron chi connectivity index (χ0n) is 17.2. The maximum atomic E-state index is 12.9. The van der Waals surface area contributed by atoms with Crippen LogP contribution in [0.3, 0.4) is 0 Å². The molecule has 28 heavy (non-hydrogen) atoms. The number of nitrogens with zero attached hydrogens (tertiary/aromatic N) is 2. The second-order valence-corrected chi connectivity index (χ2v) is 7.42. The van der Waals surface area contributed by atoms with Crippen molar-refractivity contribution in [1.29, 1.82) is 0 Å². The molecule has 1 N–H and O–H groups in total. The molecule has 1 amide bonds. The fraction of sp³-hybridized carbons (Fsp3) is 0.545. The molecule has 1 aliphatic rings. The van der Waals surface area contributed by atoms with E-state index >= 15 is 0 Å². The first-order valence-corrected chi connectivity index (χ1v) is 10.2. The number of aryl methyl sites for hydroxylation is 1. The lowest BCUT2D eigenvalue weighted by Crippen LogP contribution is -2.31. The average molecular weight is 386 g/mol. The van der Waals surface area contributed by atoms with Crippen LogP contribution in [0.4, 0.5) is 0 Å². The van der Waals surface area contributed by atoms with Crippen molar-refractivity contribution in [3.05, 3.63) is 30.0 Å². The molecule has 0 saturated heterocycles. The highest BCUT2D eigenvalue weighted by Gasteiger charge is 2.20. The molecule has 2 aromatic rings. The lowest BCUT2D eigenvalue weighted by atomic mass is 9.89. The number of hydrogen-bond donors (Lipinski definition) is 1. The van der Waals surface area contributed by atoms with Gasteiger partial charge in [-0.05, 0) is 43.4 Å². The monoisotopic (exact) mass is 385 g/mol. The van der Waals surface area contributed by atoms with Crippen molar-refractivity contribution < 1.29 is 14.3 Å². The average Bonchev–Trinajstić information content (AvgIpc) is 3.16. The maximum Gasteiger partial charge on any atom is 0.269 e. The molecule has 1 aliphatic carbocycles. The van der Waals surface area contributed by atoms with E-state index in [0.717, 1.165) is 30.0 Å². The van der Waals surface area contributed by atoms with Gasteiger partial charge in [-0.1, -0.05) is 26.2 Å². The van der Waals surface area contributed by atoms with Crippen LogP contribution in [0.5, 0.6) is 11.5 Å². The molecule has 6 heteroatoms. The van der Waals surface area contributed by atoms with Crippen LogP contribution >= 0.6 is 0 Å². The number of ether oxygens (including phenoxy) is 2. The fourth-order valence-corrected chi connectivity index (χ4v) is 3.84. The van der Waals surface area contributed by atoms with Crippen molar-refractivity contribution in [2.24, 2.45) is 5.92 Å². The van der Waals surface area contributed by atoms with E-state index in [-0.39, 0.29) is 5.91 Å². The number of carbonyl (C=O) groups excluding carboxylic acids is 1. The van der Waals surface area contributed by atoms with Gasteiger partial charge in [-0.25, -0.2) is 0 Å². The minimum absolute atomic E-state index is 0.0507. The summed E-state index contributed by atoms with van der Waals surface area (Å²) in [5, 5.41) is 7.81. The third-order valence-corrected chi connectivity index (χ3v) is 5.41. The van der Waals surface area contributed by atoms with Crippen LogP contribution in [0.2, 0.25) is 0 Å². The van der Waals surface area contributed by atoms with Gasteiger partial charge < -0.3 is 14.8 Å². The smallest absolute Gasteiger partial charge is 0.269 e. The summed E-state index contributed by atoms with van der Waals surface area (Å²) in [6, 6.07) is 7.48. The van der Waals surface area contributed by atoms with Gasteiger partial charge in [-0.3, -0.25) is 9.48 Å². The highest BCUT2D eigenvalue weighted by Crippen LogP contribution is 2.33. The van der Waals surface area contributed by atoms with Gasteiger partial charge in [0, 0.05) is 24.7 Å². The van der Waals surface area contributed by atoms with Crippen LogP contribution in [0, 0.1) is 5.92 Å². The third kappa shape index (κ3) is 4.66. The Morgan fingerprint density at radius 3 is 2.64 bits per heavy atom. The fourth-order valence-electron chi connectivity index (χ4n) is 3.84. The van der Waals surface area contributed by atoms with E-state index in [4.69, 9.17) is 9.47 Å². The largest absolute Gasteiger partial charge is 0.497 e. The van der Waals surface area contributed by atoms with Gasteiger partial charge in [0.2, 0.25) is 0 Å². The highest BCUT2D eigenvalue weighted by atomic mass is 16.5. The Balaban J connectivity index is 1.82. The normalized spacial score (nSPS) is 14.7. The summed E-state index contributed by atoms with van der Waals surface area (Å²) in [6.45, 7) is 3.53. The van der Waals surface area contributed by atoms with Crippen molar-refractivity contribution in [2.75, 3.05) is 20.8 Å². The van der Waals surface area contributed by atoms with Crippen LogP contribution in [0.15, 0.2) is 24.3 Å². The van der Waals surface area contributed by atoms with Crippen molar-refractivity contribution in [1.82, 2.24) is 15.1 Å². The minimum Gasteiger partial charge on any atom is -0.497 e. The number of aromatic nitrogens is 2. The zero-order valence-corrected chi connectivity index (χ0v) is 17.2. The summed E-state index contributed by atoms with van der Waals surface area (Å²) < 4.78 is 12.6. The van der Waals surface area contributed by atoms with Crippen molar-refractivity contribution in [3.63, 3.8) is 0 Å². The third-order valence-electron chi connectivity index (χ3n) is 5.41. The number of rotatable bonds is 8. The molecule has 1 aromatic heterocycles. The SMILES string of the molecule is CCCn1nc(-c2ccc(OC)cc2OC)cc1C(=O)NCC1CCCCC1. The van der Waals surface area contributed by atoms with E-state index in [1.54, 1.807) is 18.9 Å². The van der Waals surface area contributed by atoms with E-state index in [9.17, 15) is 4.79 Å². The molecular formula is C22H31N3O3. The van der Waals surface area contributed by atoms with Gasteiger partial charge in [0.05, 0.1) is 19.9 Å². The van der Waals surface area contributed by atoms with Gasteiger partial charge in [0.1, 0.15) is 17.2 Å². The Hall–Kier alpha value is -2.50. The number of amides is 1. The van der Waals surface area contributed by atoms with Gasteiger partial charge >= 0.3 is 0 Å². The van der Waals surface area contributed by atoms with Gasteiger partial charge in [-0.2, -0.15) is 5.10 Å². The standard InChI is InChI=1S/C22H31N3O3/c1-4-12-25-20(22(26)23-15-16-8-6-5-7-9-16)14-19(24-25)18-11-10-17(27-2)13-21(18)28-3/h10-11,13-14,16H,4-9,12,15H2,1-3H3,(H,23,26). The van der Waals surface area contributed by atoms with Gasteiger partial charge in [0.25, 0.3) is 5.91 Å². The first kappa shape index (κ1) is 20.2. The molecule has 0 unspecified atom stereocenters. The van der Waals surface area contributed by atoms with E-state index in [2.05, 4.69) is 17.3 Å². The predicted molar refractivity (Wildman–Crippen MR) is 110 cm³/mol. The van der Waals surface area contributed by atoms with E-state index < -0.39 is 0 Å². The lowest BCUT2D eigenvalue weighted by molar-refractivity contribution is 0.0932. The van der Waals surface area contributed by atoms with E-state index in [1.807, 2.05) is 24.3 Å². The Kier molecular flexibility index (Phi) is 6.95. The summed E-state index contributed by atoms with van der Waals surface area (Å²) in [6.07, 6.45) is 7.20. The predicted octanol–water partition coefficient (Wildman–Crippen LogP) is 4.29. The van der Waals surface area contributed by atoms with E-state index in [0.29, 0.717) is 23.9 Å². The van der Waals surface area contributed by atoms with Crippen molar-refractivity contribution in [3.8, 4) is 22.8 Å². The number of benzene rings is 1. The molecule has 0 bridgehead atoms. The number of carbonyl (C=O) groups is 1. The topological polar surface area (TPSA) is 65.4 Å². The summed E-state index contributed by atoms with van der Waals surface area (Å²) in [4.78, 5) is 12.9. The Morgan fingerprint density at radius 2 is 1.96 bits per heavy atom. The van der Waals surface area contributed by atoms with Crippen LogP contribution < -0.4 is 14.8 Å². The number of hydrogen-bond acceptors (Lipinski definition) is 4. The van der Waals surface area contributed by atoms with Crippen molar-refractivity contribution in [2.45, 2.75) is 52.0 Å². The minimum atomic E-state index is -0.0507.